The van der Waals surface area contributed by atoms with Crippen LogP contribution in [-0.4, -0.2) is 28.0 Å². The molecule has 0 spiro atoms. The first-order valence-electron chi connectivity index (χ1n) is 7.07. The molecule has 5 nitrogen and oxygen atoms in total. The van der Waals surface area contributed by atoms with Gasteiger partial charge in [0, 0.05) is 32.5 Å². The maximum atomic E-state index is 4.73. The van der Waals surface area contributed by atoms with E-state index in [1.165, 1.54) is 5.56 Å². The number of aromatic nitrogens is 3. The number of nitrogens with one attached hydrogen (secondary N) is 1. The number of nitrogens with zero attached hydrogens (tertiary/aromatic N) is 4. The number of imidazole rings is 1. The van der Waals surface area contributed by atoms with Crippen molar-refractivity contribution in [3.05, 3.63) is 41.0 Å². The van der Waals surface area contributed by atoms with Crippen molar-refractivity contribution in [1.82, 2.24) is 14.4 Å². The molecular weight excluding hydrogens is 282 g/mol. The van der Waals surface area contributed by atoms with Gasteiger partial charge in [0.05, 0.1) is 6.20 Å². The number of hydrogen-bond acceptors (Lipinski definition) is 5. The van der Waals surface area contributed by atoms with E-state index in [0.717, 1.165) is 36.8 Å². The molecule has 0 amide bonds. The second-order valence-electron chi connectivity index (χ2n) is 5.02. The maximum absolute atomic E-state index is 4.73. The molecule has 3 heterocycles. The molecule has 3 aromatic heterocycles. The fourth-order valence-corrected chi connectivity index (χ4v) is 2.90. The summed E-state index contributed by atoms with van der Waals surface area (Å²) in [5, 5.41) is 7.61. The third kappa shape index (κ3) is 3.00. The first-order valence-corrected chi connectivity index (χ1v) is 8.02. The Kier molecular flexibility index (Phi) is 4.06. The minimum Gasteiger partial charge on any atom is -0.369 e. The summed E-state index contributed by atoms with van der Waals surface area (Å²) in [5.74, 6) is 1.78. The fraction of sp³-hybridized carbons (Fsp3) is 0.333. The van der Waals surface area contributed by atoms with Crippen molar-refractivity contribution in [2.45, 2.75) is 19.9 Å². The molecule has 0 unspecified atom stereocenters. The van der Waals surface area contributed by atoms with Crippen LogP contribution >= 0.6 is 11.3 Å². The third-order valence-electron chi connectivity index (χ3n) is 3.27. The summed E-state index contributed by atoms with van der Waals surface area (Å²) in [7, 11) is 2.05. The van der Waals surface area contributed by atoms with E-state index in [9.17, 15) is 0 Å². The number of anilines is 2. The van der Waals surface area contributed by atoms with Gasteiger partial charge in [-0.25, -0.2) is 9.97 Å². The Hall–Kier alpha value is -2.08. The molecule has 110 valence electrons. The molecule has 0 aliphatic carbocycles. The molecule has 3 rings (SSSR count). The SMILES string of the molecule is CCCNc1cn2ccnc2c(N(C)Cc2ccsc2)n1. The Morgan fingerprint density at radius 1 is 1.43 bits per heavy atom. The van der Waals surface area contributed by atoms with E-state index in [4.69, 9.17) is 4.98 Å². The lowest BCUT2D eigenvalue weighted by molar-refractivity contribution is 0.890. The Balaban J connectivity index is 1.93. The minimum atomic E-state index is 0.830. The molecule has 0 saturated heterocycles. The Morgan fingerprint density at radius 3 is 3.10 bits per heavy atom. The summed E-state index contributed by atoms with van der Waals surface area (Å²) < 4.78 is 2.02. The quantitative estimate of drug-likeness (QED) is 0.759. The average molecular weight is 301 g/mol. The zero-order valence-corrected chi connectivity index (χ0v) is 13.1. The molecule has 6 heteroatoms. The second kappa shape index (κ2) is 6.13. The molecule has 0 aliphatic rings. The molecule has 0 radical (unpaired) electrons. The van der Waals surface area contributed by atoms with Crippen molar-refractivity contribution in [3.8, 4) is 0 Å². The van der Waals surface area contributed by atoms with Crippen molar-refractivity contribution in [2.75, 3.05) is 23.8 Å². The summed E-state index contributed by atoms with van der Waals surface area (Å²) in [6.07, 6.45) is 6.82. The third-order valence-corrected chi connectivity index (χ3v) is 4.01. The Bertz CT molecular complexity index is 704. The lowest BCUT2D eigenvalue weighted by atomic mass is 10.3. The van der Waals surface area contributed by atoms with Gasteiger partial charge in [0.25, 0.3) is 0 Å². The topological polar surface area (TPSA) is 45.5 Å². The van der Waals surface area contributed by atoms with Gasteiger partial charge in [-0.2, -0.15) is 11.3 Å². The molecule has 21 heavy (non-hydrogen) atoms. The van der Waals surface area contributed by atoms with Crippen molar-refractivity contribution < 1.29 is 0 Å². The zero-order valence-electron chi connectivity index (χ0n) is 12.3. The standard InChI is InChI=1S/C15H19N5S/c1-3-5-16-13-10-20-7-6-17-14(20)15(18-13)19(2)9-12-4-8-21-11-12/h4,6-8,10-11,16H,3,5,9H2,1-2H3. The Morgan fingerprint density at radius 2 is 2.33 bits per heavy atom. The van der Waals surface area contributed by atoms with Crippen molar-refractivity contribution in [1.29, 1.82) is 0 Å². The molecule has 3 aromatic rings. The lowest BCUT2D eigenvalue weighted by Crippen LogP contribution is -2.19. The van der Waals surface area contributed by atoms with Crippen LogP contribution in [0.5, 0.6) is 0 Å². The van der Waals surface area contributed by atoms with E-state index < -0.39 is 0 Å². The molecular formula is C15H19N5S. The predicted molar refractivity (Wildman–Crippen MR) is 88.2 cm³/mol. The number of rotatable bonds is 6. The molecule has 0 atom stereocenters. The van der Waals surface area contributed by atoms with E-state index in [0.29, 0.717) is 0 Å². The van der Waals surface area contributed by atoms with Crippen LogP contribution in [0.15, 0.2) is 35.4 Å². The van der Waals surface area contributed by atoms with E-state index in [2.05, 4.69) is 46.0 Å². The smallest absolute Gasteiger partial charge is 0.180 e. The van der Waals surface area contributed by atoms with E-state index in [1.54, 1.807) is 11.3 Å². The Labute approximate surface area is 128 Å². The molecule has 0 aromatic carbocycles. The molecule has 0 bridgehead atoms. The lowest BCUT2D eigenvalue weighted by Gasteiger charge is -2.19. The normalized spacial score (nSPS) is 11.0. The van der Waals surface area contributed by atoms with Crippen molar-refractivity contribution in [2.24, 2.45) is 0 Å². The minimum absolute atomic E-state index is 0.830. The summed E-state index contributed by atoms with van der Waals surface area (Å²) >= 11 is 1.72. The van der Waals surface area contributed by atoms with E-state index in [1.807, 2.05) is 23.0 Å². The molecule has 0 saturated carbocycles. The average Bonchev–Trinajstić information content (AvgIpc) is 3.14. The van der Waals surface area contributed by atoms with Gasteiger partial charge in [-0.3, -0.25) is 0 Å². The summed E-state index contributed by atoms with van der Waals surface area (Å²) in [4.78, 5) is 11.3. The van der Waals surface area contributed by atoms with Crippen LogP contribution in [0.3, 0.4) is 0 Å². The van der Waals surface area contributed by atoms with Crippen LogP contribution in [0.25, 0.3) is 5.65 Å². The predicted octanol–water partition coefficient (Wildman–Crippen LogP) is 3.25. The van der Waals surface area contributed by atoms with Crippen molar-refractivity contribution >= 4 is 28.6 Å². The van der Waals surface area contributed by atoms with Gasteiger partial charge in [0.2, 0.25) is 0 Å². The van der Waals surface area contributed by atoms with Gasteiger partial charge in [0.15, 0.2) is 11.5 Å². The molecule has 0 aliphatic heterocycles. The van der Waals surface area contributed by atoms with Crippen LogP contribution in [-0.2, 0) is 6.54 Å². The number of fused-ring (bicyclic) bond motifs is 1. The monoisotopic (exact) mass is 301 g/mol. The van der Waals surface area contributed by atoms with Crippen LogP contribution in [0.1, 0.15) is 18.9 Å². The number of thiophene rings is 1. The van der Waals surface area contributed by atoms with Gasteiger partial charge in [-0.05, 0) is 28.8 Å². The van der Waals surface area contributed by atoms with Gasteiger partial charge in [-0.1, -0.05) is 6.92 Å². The number of hydrogen-bond donors (Lipinski definition) is 1. The highest BCUT2D eigenvalue weighted by Crippen LogP contribution is 2.21. The van der Waals surface area contributed by atoms with Gasteiger partial charge >= 0.3 is 0 Å². The highest BCUT2D eigenvalue weighted by atomic mass is 32.1. The molecule has 1 N–H and O–H groups in total. The van der Waals surface area contributed by atoms with Crippen LogP contribution in [0.2, 0.25) is 0 Å². The van der Waals surface area contributed by atoms with Crippen LogP contribution in [0, 0.1) is 0 Å². The van der Waals surface area contributed by atoms with E-state index in [-0.39, 0.29) is 0 Å². The fourth-order valence-electron chi connectivity index (χ4n) is 2.24. The first-order chi connectivity index (χ1) is 10.3. The van der Waals surface area contributed by atoms with Gasteiger partial charge in [-0.15, -0.1) is 0 Å². The summed E-state index contributed by atoms with van der Waals surface area (Å²) in [6.45, 7) is 3.89. The highest BCUT2D eigenvalue weighted by molar-refractivity contribution is 7.07. The largest absolute Gasteiger partial charge is 0.369 e. The highest BCUT2D eigenvalue weighted by Gasteiger charge is 2.12. The zero-order chi connectivity index (χ0) is 14.7. The molecule has 0 fully saturated rings. The first kappa shape index (κ1) is 13.9. The van der Waals surface area contributed by atoms with Crippen LogP contribution < -0.4 is 10.2 Å². The maximum Gasteiger partial charge on any atom is 0.180 e. The van der Waals surface area contributed by atoms with Crippen LogP contribution in [0.4, 0.5) is 11.6 Å². The van der Waals surface area contributed by atoms with E-state index >= 15 is 0 Å². The van der Waals surface area contributed by atoms with Gasteiger partial charge in [0.1, 0.15) is 5.82 Å². The van der Waals surface area contributed by atoms with Crippen molar-refractivity contribution in [3.63, 3.8) is 0 Å². The second-order valence-corrected chi connectivity index (χ2v) is 5.80. The summed E-state index contributed by atoms with van der Waals surface area (Å²) in [5.41, 5.74) is 2.18. The summed E-state index contributed by atoms with van der Waals surface area (Å²) in [6, 6.07) is 2.14. The van der Waals surface area contributed by atoms with Gasteiger partial charge < -0.3 is 14.6 Å².